The van der Waals surface area contributed by atoms with E-state index in [2.05, 4.69) is 20.5 Å². The third-order valence-electron chi connectivity index (χ3n) is 5.82. The van der Waals surface area contributed by atoms with Crippen molar-refractivity contribution in [3.05, 3.63) is 70.8 Å². The van der Waals surface area contributed by atoms with Gasteiger partial charge in [0.2, 0.25) is 0 Å². The molecule has 0 fully saturated rings. The van der Waals surface area contributed by atoms with Gasteiger partial charge in [0, 0.05) is 29.9 Å². The summed E-state index contributed by atoms with van der Waals surface area (Å²) in [6, 6.07) is 8.15. The third-order valence-corrected chi connectivity index (χ3v) is 5.82. The van der Waals surface area contributed by atoms with E-state index in [-0.39, 0.29) is 29.4 Å². The number of hydrogen-bond acceptors (Lipinski definition) is 4. The number of aryl methyl sites for hydroxylation is 1. The summed E-state index contributed by atoms with van der Waals surface area (Å²) in [4.78, 5) is 17.3. The Kier molecular flexibility index (Phi) is 6.16. The van der Waals surface area contributed by atoms with Gasteiger partial charge >= 0.3 is 6.18 Å². The van der Waals surface area contributed by atoms with Crippen molar-refractivity contribution in [3.63, 3.8) is 0 Å². The number of carbonyl (C=O) groups excluding carboxylic acids is 1. The topological polar surface area (TPSA) is 77.1 Å². The fourth-order valence-electron chi connectivity index (χ4n) is 3.76. The maximum Gasteiger partial charge on any atom is 0.433 e. The molecule has 4 aromatic rings. The zero-order chi connectivity index (χ0) is 24.6. The molecule has 0 unspecified atom stereocenters. The number of fused-ring (bicyclic) bond motifs is 1. The molecule has 1 N–H and O–H groups in total. The van der Waals surface area contributed by atoms with Gasteiger partial charge in [-0.25, -0.2) is 9.50 Å². The molecule has 0 spiro atoms. The summed E-state index contributed by atoms with van der Waals surface area (Å²) >= 11 is 0. The SMILES string of the molecule is CCn1ncc(CNC(=O)c2cnn3c(C(F)(F)F)cc(-c4ccc(C(C)C)cc4)nc23)c1C. The van der Waals surface area contributed by atoms with E-state index in [1.165, 1.54) is 0 Å². The first kappa shape index (κ1) is 23.5. The van der Waals surface area contributed by atoms with Crippen LogP contribution in [0.1, 0.15) is 59.6 Å². The quantitative estimate of drug-likeness (QED) is 0.431. The minimum absolute atomic E-state index is 0.0355. The lowest BCUT2D eigenvalue weighted by Crippen LogP contribution is -2.23. The summed E-state index contributed by atoms with van der Waals surface area (Å²) < 4.78 is 44.0. The van der Waals surface area contributed by atoms with Crippen LogP contribution >= 0.6 is 0 Å². The first-order valence-corrected chi connectivity index (χ1v) is 11.0. The molecule has 7 nitrogen and oxygen atoms in total. The van der Waals surface area contributed by atoms with Crippen LogP contribution in [0.4, 0.5) is 13.2 Å². The second kappa shape index (κ2) is 8.92. The number of nitrogens with one attached hydrogen (secondary N) is 1. The minimum atomic E-state index is -4.68. The van der Waals surface area contributed by atoms with Crippen molar-refractivity contribution < 1.29 is 18.0 Å². The molecule has 0 bridgehead atoms. The summed E-state index contributed by atoms with van der Waals surface area (Å²) in [5, 5.41) is 10.8. The highest BCUT2D eigenvalue weighted by Gasteiger charge is 2.36. The highest BCUT2D eigenvalue weighted by molar-refractivity contribution is 5.99. The van der Waals surface area contributed by atoms with Gasteiger partial charge < -0.3 is 5.32 Å². The van der Waals surface area contributed by atoms with E-state index in [1.807, 2.05) is 39.8 Å². The van der Waals surface area contributed by atoms with Crippen molar-refractivity contribution in [3.8, 4) is 11.3 Å². The maximum absolute atomic E-state index is 13.8. The van der Waals surface area contributed by atoms with Gasteiger partial charge in [-0.2, -0.15) is 23.4 Å². The Morgan fingerprint density at radius 1 is 1.12 bits per heavy atom. The summed E-state index contributed by atoms with van der Waals surface area (Å²) in [5.41, 5.74) is 2.24. The maximum atomic E-state index is 13.8. The number of rotatable bonds is 6. The van der Waals surface area contributed by atoms with Gasteiger partial charge in [0.15, 0.2) is 11.3 Å². The molecule has 0 saturated heterocycles. The van der Waals surface area contributed by atoms with Gasteiger partial charge in [0.25, 0.3) is 5.91 Å². The minimum Gasteiger partial charge on any atom is -0.348 e. The van der Waals surface area contributed by atoms with Gasteiger partial charge in [-0.05, 0) is 31.4 Å². The van der Waals surface area contributed by atoms with Crippen molar-refractivity contribution in [1.82, 2.24) is 29.7 Å². The van der Waals surface area contributed by atoms with Crippen molar-refractivity contribution in [2.45, 2.75) is 52.9 Å². The normalized spacial score (nSPS) is 12.0. The van der Waals surface area contributed by atoms with E-state index in [9.17, 15) is 18.0 Å². The molecule has 178 valence electrons. The Balaban J connectivity index is 1.72. The molecule has 3 heterocycles. The van der Waals surface area contributed by atoms with Crippen molar-refractivity contribution in [2.24, 2.45) is 0 Å². The monoisotopic (exact) mass is 470 g/mol. The molecule has 3 aromatic heterocycles. The molecular weight excluding hydrogens is 445 g/mol. The molecule has 0 radical (unpaired) electrons. The molecule has 1 aromatic carbocycles. The van der Waals surface area contributed by atoms with Crippen LogP contribution in [0.2, 0.25) is 0 Å². The smallest absolute Gasteiger partial charge is 0.348 e. The van der Waals surface area contributed by atoms with E-state index in [4.69, 9.17) is 0 Å². The van der Waals surface area contributed by atoms with Crippen LogP contribution in [0, 0.1) is 6.92 Å². The van der Waals surface area contributed by atoms with Crippen LogP contribution in [0.5, 0.6) is 0 Å². The first-order valence-electron chi connectivity index (χ1n) is 11.0. The Morgan fingerprint density at radius 2 is 1.82 bits per heavy atom. The molecular formula is C24H25F3N6O. The molecule has 0 atom stereocenters. The molecule has 0 aliphatic heterocycles. The van der Waals surface area contributed by atoms with E-state index >= 15 is 0 Å². The number of alkyl halides is 3. The fraction of sp³-hybridized carbons (Fsp3) is 0.333. The number of aromatic nitrogens is 5. The van der Waals surface area contributed by atoms with Gasteiger partial charge in [-0.1, -0.05) is 38.1 Å². The largest absolute Gasteiger partial charge is 0.433 e. The van der Waals surface area contributed by atoms with Crippen LogP contribution in [-0.4, -0.2) is 30.3 Å². The van der Waals surface area contributed by atoms with Crippen LogP contribution in [0.3, 0.4) is 0 Å². The lowest BCUT2D eigenvalue weighted by atomic mass is 10.0. The number of carbonyl (C=O) groups is 1. The van der Waals surface area contributed by atoms with Crippen LogP contribution in [0.15, 0.2) is 42.7 Å². The Bertz CT molecular complexity index is 1340. The summed E-state index contributed by atoms with van der Waals surface area (Å²) in [6.45, 7) is 8.80. The molecule has 10 heteroatoms. The van der Waals surface area contributed by atoms with Crippen LogP contribution in [-0.2, 0) is 19.3 Å². The van der Waals surface area contributed by atoms with Crippen LogP contribution < -0.4 is 5.32 Å². The number of nitrogens with zero attached hydrogens (tertiary/aromatic N) is 5. The molecule has 0 aliphatic carbocycles. The molecule has 1 amide bonds. The van der Waals surface area contributed by atoms with Gasteiger partial charge in [-0.15, -0.1) is 0 Å². The lowest BCUT2D eigenvalue weighted by molar-refractivity contribution is -0.142. The Hall–Kier alpha value is -3.69. The van der Waals surface area contributed by atoms with E-state index in [0.717, 1.165) is 29.1 Å². The average Bonchev–Trinajstić information content (AvgIpc) is 3.39. The Morgan fingerprint density at radius 3 is 2.41 bits per heavy atom. The third kappa shape index (κ3) is 4.40. The molecule has 0 saturated carbocycles. The summed E-state index contributed by atoms with van der Waals surface area (Å²) in [7, 11) is 0. The van der Waals surface area contributed by atoms with Crippen molar-refractivity contribution in [2.75, 3.05) is 0 Å². The highest BCUT2D eigenvalue weighted by Crippen LogP contribution is 2.33. The van der Waals surface area contributed by atoms with Gasteiger partial charge in [-0.3, -0.25) is 9.48 Å². The lowest BCUT2D eigenvalue weighted by Gasteiger charge is -2.12. The molecule has 0 aliphatic rings. The molecule has 34 heavy (non-hydrogen) atoms. The zero-order valence-electron chi connectivity index (χ0n) is 19.3. The second-order valence-electron chi connectivity index (χ2n) is 8.35. The van der Waals surface area contributed by atoms with Crippen molar-refractivity contribution in [1.29, 1.82) is 0 Å². The van der Waals surface area contributed by atoms with Crippen molar-refractivity contribution >= 4 is 11.6 Å². The van der Waals surface area contributed by atoms with E-state index in [1.54, 1.807) is 23.0 Å². The average molecular weight is 470 g/mol. The molecule has 4 rings (SSSR count). The summed E-state index contributed by atoms with van der Waals surface area (Å²) in [5.74, 6) is -0.278. The Labute approximate surface area is 194 Å². The van der Waals surface area contributed by atoms with E-state index < -0.39 is 17.8 Å². The second-order valence-corrected chi connectivity index (χ2v) is 8.35. The van der Waals surface area contributed by atoms with Gasteiger partial charge in [0.1, 0.15) is 5.56 Å². The predicted octanol–water partition coefficient (Wildman–Crippen LogP) is 4.99. The number of hydrogen-bond donors (Lipinski definition) is 1. The fourth-order valence-corrected chi connectivity index (χ4v) is 3.76. The van der Waals surface area contributed by atoms with Gasteiger partial charge in [0.05, 0.1) is 18.1 Å². The number of amides is 1. The highest BCUT2D eigenvalue weighted by atomic mass is 19.4. The number of benzene rings is 1. The predicted molar refractivity (Wildman–Crippen MR) is 121 cm³/mol. The zero-order valence-corrected chi connectivity index (χ0v) is 19.3. The number of halogens is 3. The van der Waals surface area contributed by atoms with Crippen LogP contribution in [0.25, 0.3) is 16.9 Å². The standard InChI is InChI=1S/C24H25F3N6O/c1-5-32-15(4)18(12-29-32)11-28-23(34)19-13-30-33-21(24(25,26)27)10-20(31-22(19)33)17-8-6-16(7-9-17)14(2)3/h6-10,12-14H,5,11H2,1-4H3,(H,28,34). The summed E-state index contributed by atoms with van der Waals surface area (Å²) in [6.07, 6.45) is -1.91. The van der Waals surface area contributed by atoms with E-state index in [0.29, 0.717) is 16.6 Å². The first-order chi connectivity index (χ1) is 16.1.